The quantitative estimate of drug-likeness (QED) is 0.751. The normalized spacial score (nSPS) is 14.9. The van der Waals surface area contributed by atoms with Crippen LogP contribution in [0.1, 0.15) is 42.5 Å². The second-order valence-electron chi connectivity index (χ2n) is 5.32. The van der Waals surface area contributed by atoms with Crippen LogP contribution in [0.25, 0.3) is 0 Å². The Bertz CT molecular complexity index is 528. The summed E-state index contributed by atoms with van der Waals surface area (Å²) in [5.41, 5.74) is 0.361. The first-order valence-electron chi connectivity index (χ1n) is 7.14. The second kappa shape index (κ2) is 7.45. The van der Waals surface area contributed by atoms with E-state index in [1.807, 2.05) is 0 Å². The number of anilines is 1. The van der Waals surface area contributed by atoms with E-state index in [4.69, 9.17) is 5.11 Å². The number of carboxylic acid groups (broad SMARTS) is 1. The molecule has 1 aliphatic rings. The van der Waals surface area contributed by atoms with Crippen molar-refractivity contribution in [2.24, 2.45) is 5.92 Å². The molecule has 3 N–H and O–H groups in total. The first-order chi connectivity index (χ1) is 10.1. The van der Waals surface area contributed by atoms with E-state index in [1.54, 1.807) is 12.1 Å². The Morgan fingerprint density at radius 2 is 2.00 bits per heavy atom. The lowest BCUT2D eigenvalue weighted by atomic mass is 10.0. The van der Waals surface area contributed by atoms with Crippen molar-refractivity contribution in [3.8, 4) is 0 Å². The number of benzene rings is 1. The van der Waals surface area contributed by atoms with E-state index >= 15 is 0 Å². The lowest BCUT2D eigenvalue weighted by Gasteiger charge is -2.12. The van der Waals surface area contributed by atoms with Crippen LogP contribution in [0.2, 0.25) is 0 Å². The van der Waals surface area contributed by atoms with Gasteiger partial charge in [-0.1, -0.05) is 41.6 Å². The molecule has 0 atom stereocenters. The van der Waals surface area contributed by atoms with Gasteiger partial charge in [0.2, 0.25) is 0 Å². The van der Waals surface area contributed by atoms with E-state index in [2.05, 4.69) is 26.6 Å². The van der Waals surface area contributed by atoms with Crippen molar-refractivity contribution in [2.45, 2.75) is 32.1 Å². The average Bonchev–Trinajstić information content (AvgIpc) is 2.94. The summed E-state index contributed by atoms with van der Waals surface area (Å²) >= 11 is 3.22. The van der Waals surface area contributed by atoms with E-state index in [9.17, 15) is 9.59 Å². The number of carboxylic acids is 1. The molecule has 0 saturated heterocycles. The molecule has 0 aromatic heterocycles. The minimum Gasteiger partial charge on any atom is -0.478 e. The maximum Gasteiger partial charge on any atom is 0.337 e. The molecule has 5 nitrogen and oxygen atoms in total. The molecular formula is C15H19BrN2O3. The first kappa shape index (κ1) is 15.8. The van der Waals surface area contributed by atoms with E-state index in [-0.39, 0.29) is 11.6 Å². The Morgan fingerprint density at radius 1 is 1.29 bits per heavy atom. The number of nitrogens with one attached hydrogen (secondary N) is 2. The van der Waals surface area contributed by atoms with Crippen molar-refractivity contribution < 1.29 is 14.7 Å². The van der Waals surface area contributed by atoms with Crippen molar-refractivity contribution in [2.75, 3.05) is 11.9 Å². The molecule has 0 aliphatic heterocycles. The van der Waals surface area contributed by atoms with E-state index in [0.717, 1.165) is 6.42 Å². The summed E-state index contributed by atoms with van der Waals surface area (Å²) in [4.78, 5) is 23.0. The molecular weight excluding hydrogens is 336 g/mol. The fourth-order valence-electron chi connectivity index (χ4n) is 2.66. The van der Waals surface area contributed by atoms with Gasteiger partial charge in [-0.15, -0.1) is 0 Å². The molecule has 0 radical (unpaired) electrons. The summed E-state index contributed by atoms with van der Waals surface area (Å²) in [5.74, 6) is -0.356. The molecule has 0 unspecified atom stereocenters. The number of halogens is 1. The van der Waals surface area contributed by atoms with Gasteiger partial charge in [-0.2, -0.15) is 0 Å². The molecule has 1 aromatic rings. The lowest BCUT2D eigenvalue weighted by Crippen LogP contribution is -2.30. The van der Waals surface area contributed by atoms with Crippen molar-refractivity contribution >= 4 is 33.6 Å². The number of hydrogen-bond donors (Lipinski definition) is 3. The topological polar surface area (TPSA) is 78.4 Å². The smallest absolute Gasteiger partial charge is 0.337 e. The minimum absolute atomic E-state index is 0.0651. The third-order valence-electron chi connectivity index (χ3n) is 3.77. The fraction of sp³-hybridized carbons (Fsp3) is 0.467. The van der Waals surface area contributed by atoms with Gasteiger partial charge in [0, 0.05) is 11.0 Å². The number of rotatable bonds is 5. The van der Waals surface area contributed by atoms with Crippen LogP contribution in [-0.4, -0.2) is 23.7 Å². The van der Waals surface area contributed by atoms with Crippen LogP contribution in [-0.2, 0) is 0 Å². The van der Waals surface area contributed by atoms with Crippen molar-refractivity contribution in [1.82, 2.24) is 5.32 Å². The average molecular weight is 355 g/mol. The molecule has 0 heterocycles. The number of carbonyl (C=O) groups excluding carboxylic acids is 1. The third kappa shape index (κ3) is 4.74. The predicted molar refractivity (Wildman–Crippen MR) is 84.7 cm³/mol. The highest BCUT2D eigenvalue weighted by Gasteiger charge is 2.16. The van der Waals surface area contributed by atoms with Crippen LogP contribution in [0.5, 0.6) is 0 Å². The maximum absolute atomic E-state index is 11.8. The van der Waals surface area contributed by atoms with Crippen LogP contribution >= 0.6 is 15.9 Å². The number of carbonyl (C=O) groups is 2. The highest BCUT2D eigenvalue weighted by molar-refractivity contribution is 9.10. The van der Waals surface area contributed by atoms with E-state index in [0.29, 0.717) is 22.6 Å². The Hall–Kier alpha value is -1.56. The van der Waals surface area contributed by atoms with E-state index < -0.39 is 5.97 Å². The van der Waals surface area contributed by atoms with Crippen LogP contribution in [0.15, 0.2) is 22.7 Å². The molecule has 6 heteroatoms. The second-order valence-corrected chi connectivity index (χ2v) is 6.23. The SMILES string of the molecule is O=C(NCCC1CCCC1)Nc1ccc(Br)cc1C(=O)O. The molecule has 0 bridgehead atoms. The largest absolute Gasteiger partial charge is 0.478 e. The van der Waals surface area contributed by atoms with Crippen LogP contribution < -0.4 is 10.6 Å². The van der Waals surface area contributed by atoms with Gasteiger partial charge >= 0.3 is 12.0 Å². The van der Waals surface area contributed by atoms with Crippen molar-refractivity contribution in [3.63, 3.8) is 0 Å². The van der Waals surface area contributed by atoms with E-state index in [1.165, 1.54) is 31.7 Å². The minimum atomic E-state index is -1.07. The van der Waals surface area contributed by atoms with Crippen LogP contribution in [0.3, 0.4) is 0 Å². The lowest BCUT2D eigenvalue weighted by molar-refractivity contribution is 0.0698. The molecule has 2 rings (SSSR count). The van der Waals surface area contributed by atoms with Crippen LogP contribution in [0, 0.1) is 5.92 Å². The highest BCUT2D eigenvalue weighted by atomic mass is 79.9. The maximum atomic E-state index is 11.8. The van der Waals surface area contributed by atoms with Gasteiger partial charge in [-0.05, 0) is 30.5 Å². The standard InChI is InChI=1S/C15H19BrN2O3/c16-11-5-6-13(12(9-11)14(19)20)18-15(21)17-8-7-10-3-1-2-4-10/h5-6,9-10H,1-4,7-8H2,(H,19,20)(H2,17,18,21). The summed E-state index contributed by atoms with van der Waals surface area (Å²) in [6, 6.07) is 4.37. The molecule has 0 spiro atoms. The summed E-state index contributed by atoms with van der Waals surface area (Å²) in [5, 5.41) is 14.5. The zero-order valence-corrected chi connectivity index (χ0v) is 13.3. The number of aromatic carboxylic acids is 1. The van der Waals surface area contributed by atoms with Gasteiger partial charge in [0.05, 0.1) is 11.3 Å². The molecule has 1 saturated carbocycles. The molecule has 1 aliphatic carbocycles. The fourth-order valence-corrected chi connectivity index (χ4v) is 3.02. The third-order valence-corrected chi connectivity index (χ3v) is 4.27. The first-order valence-corrected chi connectivity index (χ1v) is 7.93. The highest BCUT2D eigenvalue weighted by Crippen LogP contribution is 2.27. The number of amides is 2. The summed E-state index contributed by atoms with van der Waals surface area (Å²) in [6.45, 7) is 0.620. The van der Waals surface area contributed by atoms with Gasteiger partial charge in [0.1, 0.15) is 0 Å². The molecule has 2 amide bonds. The Balaban J connectivity index is 1.85. The Morgan fingerprint density at radius 3 is 2.67 bits per heavy atom. The summed E-state index contributed by atoms with van der Waals surface area (Å²) in [7, 11) is 0. The monoisotopic (exact) mass is 354 g/mol. The summed E-state index contributed by atoms with van der Waals surface area (Å²) in [6.07, 6.45) is 6.06. The van der Waals surface area contributed by atoms with Gasteiger partial charge in [0.15, 0.2) is 0 Å². The Kier molecular flexibility index (Phi) is 5.61. The number of urea groups is 1. The molecule has 114 valence electrons. The molecule has 1 fully saturated rings. The van der Waals surface area contributed by atoms with Crippen molar-refractivity contribution in [1.29, 1.82) is 0 Å². The molecule has 1 aromatic carbocycles. The van der Waals surface area contributed by atoms with Gasteiger partial charge in [0.25, 0.3) is 0 Å². The van der Waals surface area contributed by atoms with Gasteiger partial charge < -0.3 is 15.7 Å². The van der Waals surface area contributed by atoms with Crippen molar-refractivity contribution in [3.05, 3.63) is 28.2 Å². The Labute approximate surface area is 132 Å². The van der Waals surface area contributed by atoms with Crippen LogP contribution in [0.4, 0.5) is 10.5 Å². The van der Waals surface area contributed by atoms with Gasteiger partial charge in [-0.3, -0.25) is 0 Å². The summed E-state index contributed by atoms with van der Waals surface area (Å²) < 4.78 is 0.659. The zero-order valence-electron chi connectivity index (χ0n) is 11.7. The molecule has 21 heavy (non-hydrogen) atoms. The number of hydrogen-bond acceptors (Lipinski definition) is 2. The van der Waals surface area contributed by atoms with Gasteiger partial charge in [-0.25, -0.2) is 9.59 Å². The zero-order chi connectivity index (χ0) is 15.2. The predicted octanol–water partition coefficient (Wildman–Crippen LogP) is 3.85.